The van der Waals surface area contributed by atoms with Crippen molar-refractivity contribution in [2.45, 2.75) is 91.6 Å². The van der Waals surface area contributed by atoms with Gasteiger partial charge >= 0.3 is 6.09 Å². The molecule has 0 radical (unpaired) electrons. The average molecular weight is 592 g/mol. The van der Waals surface area contributed by atoms with Gasteiger partial charge in [0.25, 0.3) is 5.91 Å². The van der Waals surface area contributed by atoms with E-state index >= 15 is 0 Å². The Balaban J connectivity index is 1.38. The summed E-state index contributed by atoms with van der Waals surface area (Å²) in [4.78, 5) is 56.0. The van der Waals surface area contributed by atoms with E-state index in [4.69, 9.17) is 9.47 Å². The summed E-state index contributed by atoms with van der Waals surface area (Å²) in [7, 11) is 0. The lowest BCUT2D eigenvalue weighted by Crippen LogP contribution is -2.44. The summed E-state index contributed by atoms with van der Waals surface area (Å²) >= 11 is 0. The molecule has 0 bridgehead atoms. The van der Waals surface area contributed by atoms with Crippen LogP contribution in [0.15, 0.2) is 42.5 Å². The number of carbonyl (C=O) groups is 4. The van der Waals surface area contributed by atoms with Gasteiger partial charge in [-0.2, -0.15) is 0 Å². The molecular formula is C34H45N3O6. The molecule has 0 saturated heterocycles. The van der Waals surface area contributed by atoms with Crippen LogP contribution in [0.4, 0.5) is 4.79 Å². The molecule has 1 fully saturated rings. The van der Waals surface area contributed by atoms with Gasteiger partial charge in [-0.05, 0) is 76.5 Å². The van der Waals surface area contributed by atoms with Crippen molar-refractivity contribution in [2.24, 2.45) is 0 Å². The van der Waals surface area contributed by atoms with Crippen molar-refractivity contribution in [3.8, 4) is 5.75 Å². The highest BCUT2D eigenvalue weighted by Gasteiger charge is 2.40. The molecule has 9 heteroatoms. The summed E-state index contributed by atoms with van der Waals surface area (Å²) in [6, 6.07) is 12.8. The monoisotopic (exact) mass is 591 g/mol. The van der Waals surface area contributed by atoms with Crippen LogP contribution >= 0.6 is 0 Å². The molecule has 2 aliphatic rings. The number of Topliss-reactive ketones (excluding diaryl/α,β-unsaturated/α-hetero) is 2. The van der Waals surface area contributed by atoms with Gasteiger partial charge in [-0.25, -0.2) is 4.79 Å². The molecule has 2 amide bonds. The van der Waals surface area contributed by atoms with Gasteiger partial charge in [0.1, 0.15) is 23.7 Å². The molecular weight excluding hydrogens is 546 g/mol. The molecule has 4 rings (SSSR count). The van der Waals surface area contributed by atoms with E-state index in [1.807, 2.05) is 51.1 Å². The first-order chi connectivity index (χ1) is 20.5. The first kappa shape index (κ1) is 32.2. The maximum absolute atomic E-state index is 13.1. The third-order valence-electron chi connectivity index (χ3n) is 8.01. The van der Waals surface area contributed by atoms with Crippen LogP contribution < -0.4 is 4.74 Å². The SMILES string of the molecule is CCN(CC)CCCN(Cc1ccc(COc2cccc3c2CN(C2CCC(=O)CC2=O)C3=O)cc1)C(=O)OC(C)(C)C. The second-order valence-corrected chi connectivity index (χ2v) is 12.3. The molecule has 1 aliphatic carbocycles. The number of fused-ring (bicyclic) bond motifs is 1. The smallest absolute Gasteiger partial charge is 0.410 e. The first-order valence-electron chi connectivity index (χ1n) is 15.4. The van der Waals surface area contributed by atoms with Crippen LogP contribution in [0.2, 0.25) is 0 Å². The van der Waals surface area contributed by atoms with E-state index in [1.54, 1.807) is 21.9 Å². The fourth-order valence-electron chi connectivity index (χ4n) is 5.61. The van der Waals surface area contributed by atoms with Crippen LogP contribution in [0.3, 0.4) is 0 Å². The lowest BCUT2D eigenvalue weighted by Gasteiger charge is -2.29. The van der Waals surface area contributed by atoms with Gasteiger partial charge in [-0.3, -0.25) is 14.4 Å². The minimum absolute atomic E-state index is 0.0618. The highest BCUT2D eigenvalue weighted by Crippen LogP contribution is 2.34. The van der Waals surface area contributed by atoms with E-state index in [-0.39, 0.29) is 30.0 Å². The van der Waals surface area contributed by atoms with E-state index < -0.39 is 11.6 Å². The molecule has 1 saturated carbocycles. The Hall–Kier alpha value is -3.72. The molecule has 0 aromatic heterocycles. The van der Waals surface area contributed by atoms with Gasteiger partial charge < -0.3 is 24.2 Å². The van der Waals surface area contributed by atoms with Gasteiger partial charge in [0.15, 0.2) is 5.78 Å². The standard InChI is InChI=1S/C34H45N3O6/c1-6-35(7-2)18-9-19-36(33(41)43-34(3,4)5)21-24-12-14-25(15-13-24)23-42-31-11-8-10-27-28(31)22-37(32(27)40)29-17-16-26(38)20-30(29)39/h8,10-15,29H,6-7,9,16-23H2,1-5H3. The topological polar surface area (TPSA) is 96.5 Å². The normalized spacial score (nSPS) is 16.9. The Morgan fingerprint density at radius 3 is 2.33 bits per heavy atom. The quantitative estimate of drug-likeness (QED) is 0.306. The molecule has 9 nitrogen and oxygen atoms in total. The molecule has 0 N–H and O–H groups in total. The Kier molecular flexibility index (Phi) is 10.6. The third kappa shape index (κ3) is 8.44. The van der Waals surface area contributed by atoms with Gasteiger partial charge in [0.2, 0.25) is 0 Å². The van der Waals surface area contributed by atoms with Crippen molar-refractivity contribution in [3.63, 3.8) is 0 Å². The van der Waals surface area contributed by atoms with E-state index in [0.29, 0.717) is 50.4 Å². The van der Waals surface area contributed by atoms with Crippen molar-refractivity contribution in [1.29, 1.82) is 0 Å². The zero-order valence-corrected chi connectivity index (χ0v) is 26.2. The average Bonchev–Trinajstić information content (AvgIpc) is 3.30. The second kappa shape index (κ2) is 14.2. The zero-order chi connectivity index (χ0) is 31.1. The number of hydrogen-bond acceptors (Lipinski definition) is 7. The predicted octanol–water partition coefficient (Wildman–Crippen LogP) is 5.38. The fourth-order valence-corrected chi connectivity index (χ4v) is 5.61. The summed E-state index contributed by atoms with van der Waals surface area (Å²) < 4.78 is 11.9. The molecule has 1 heterocycles. The number of ether oxygens (including phenoxy) is 2. The summed E-state index contributed by atoms with van der Waals surface area (Å²) in [5.41, 5.74) is 2.69. The fraction of sp³-hybridized carbons (Fsp3) is 0.529. The van der Waals surface area contributed by atoms with Crippen molar-refractivity contribution in [2.75, 3.05) is 26.2 Å². The first-order valence-corrected chi connectivity index (χ1v) is 15.4. The van der Waals surface area contributed by atoms with Crippen LogP contribution in [0.1, 0.15) is 87.4 Å². The van der Waals surface area contributed by atoms with Gasteiger partial charge in [-0.15, -0.1) is 0 Å². The van der Waals surface area contributed by atoms with E-state index in [1.165, 1.54) is 0 Å². The predicted molar refractivity (Wildman–Crippen MR) is 164 cm³/mol. The summed E-state index contributed by atoms with van der Waals surface area (Å²) in [5, 5.41) is 0. The number of benzene rings is 2. The van der Waals surface area contributed by atoms with Crippen LogP contribution in [0, 0.1) is 0 Å². The second-order valence-electron chi connectivity index (χ2n) is 12.3. The van der Waals surface area contributed by atoms with E-state index in [9.17, 15) is 19.2 Å². The Labute approximate surface area is 255 Å². The number of carbonyl (C=O) groups excluding carboxylic acids is 4. The number of rotatable bonds is 12. The molecule has 2 aromatic carbocycles. The zero-order valence-electron chi connectivity index (χ0n) is 26.2. The van der Waals surface area contributed by atoms with Crippen molar-refractivity contribution in [3.05, 3.63) is 64.7 Å². The largest absolute Gasteiger partial charge is 0.489 e. The maximum Gasteiger partial charge on any atom is 0.410 e. The highest BCUT2D eigenvalue weighted by molar-refractivity contribution is 6.07. The Morgan fingerprint density at radius 1 is 0.977 bits per heavy atom. The maximum atomic E-state index is 13.1. The van der Waals surface area contributed by atoms with Crippen molar-refractivity contribution >= 4 is 23.6 Å². The molecule has 232 valence electrons. The lowest BCUT2D eigenvalue weighted by atomic mass is 9.92. The molecule has 1 aliphatic heterocycles. The van der Waals surface area contributed by atoms with Crippen molar-refractivity contribution < 1.29 is 28.7 Å². The van der Waals surface area contributed by atoms with Crippen molar-refractivity contribution in [1.82, 2.24) is 14.7 Å². The minimum Gasteiger partial charge on any atom is -0.489 e. The third-order valence-corrected chi connectivity index (χ3v) is 8.01. The number of hydrogen-bond donors (Lipinski definition) is 0. The van der Waals surface area contributed by atoms with Crippen LogP contribution in [0.25, 0.3) is 0 Å². The molecule has 0 spiro atoms. The number of nitrogens with zero attached hydrogens (tertiary/aromatic N) is 3. The van der Waals surface area contributed by atoms with Gasteiger partial charge in [0.05, 0.1) is 19.0 Å². The van der Waals surface area contributed by atoms with Crippen LogP contribution in [-0.2, 0) is 34.0 Å². The summed E-state index contributed by atoms with van der Waals surface area (Å²) in [6.07, 6.45) is 1.14. The lowest BCUT2D eigenvalue weighted by molar-refractivity contribution is -0.133. The number of ketones is 2. The van der Waals surface area contributed by atoms with E-state index in [0.717, 1.165) is 42.7 Å². The molecule has 1 atom stereocenters. The highest BCUT2D eigenvalue weighted by atomic mass is 16.6. The van der Waals surface area contributed by atoms with Gasteiger partial charge in [0, 0.05) is 30.6 Å². The summed E-state index contributed by atoms with van der Waals surface area (Å²) in [6.45, 7) is 14.5. The molecule has 2 aromatic rings. The number of amides is 2. The van der Waals surface area contributed by atoms with E-state index in [2.05, 4.69) is 18.7 Å². The molecule has 1 unspecified atom stereocenters. The van der Waals surface area contributed by atoms with Crippen LogP contribution in [0.5, 0.6) is 5.75 Å². The van der Waals surface area contributed by atoms with Gasteiger partial charge in [-0.1, -0.05) is 44.2 Å². The Morgan fingerprint density at radius 2 is 1.67 bits per heavy atom. The molecule has 43 heavy (non-hydrogen) atoms. The Bertz CT molecular complexity index is 1310. The minimum atomic E-state index is -0.570. The summed E-state index contributed by atoms with van der Waals surface area (Å²) in [5.74, 6) is 0.174. The van der Waals surface area contributed by atoms with Crippen LogP contribution in [-0.4, -0.2) is 76.1 Å².